The number of benzene rings is 1. The van der Waals surface area contributed by atoms with Crippen LogP contribution in [0, 0.1) is 5.41 Å². The van der Waals surface area contributed by atoms with Crippen molar-refractivity contribution < 1.29 is 9.53 Å². The fourth-order valence-corrected chi connectivity index (χ4v) is 3.80. The molecule has 0 amide bonds. The van der Waals surface area contributed by atoms with Crippen molar-refractivity contribution >= 4 is 33.3 Å². The minimum absolute atomic E-state index is 0.143. The zero-order valence-electron chi connectivity index (χ0n) is 13.9. The Morgan fingerprint density at radius 2 is 2.26 bits per heavy atom. The molecular weight excluding hydrogens is 356 g/mol. The smallest absolute Gasteiger partial charge is 0.306 e. The van der Waals surface area contributed by atoms with E-state index in [1.165, 1.54) is 7.11 Å². The van der Waals surface area contributed by atoms with Gasteiger partial charge in [0, 0.05) is 15.6 Å². The standard InChI is InChI=1S/C18H25BrN2O2/c1-3-10-18(13-17(22)23-2)11-5-4-9-16(18)21-20-15-8-6-7-14(19)12-15/h6-8,12,20H,3-5,9-11,13H2,1-2H3. The molecule has 2 rings (SSSR count). The number of ether oxygens (including phenoxy) is 1. The number of methoxy groups -OCH3 is 1. The van der Waals surface area contributed by atoms with Crippen LogP contribution in [-0.2, 0) is 9.53 Å². The molecule has 1 aliphatic carbocycles. The van der Waals surface area contributed by atoms with Gasteiger partial charge in [0.2, 0.25) is 0 Å². The molecule has 1 atom stereocenters. The van der Waals surface area contributed by atoms with Gasteiger partial charge >= 0.3 is 5.97 Å². The molecule has 0 bridgehead atoms. The molecular formula is C18H25BrN2O2. The first-order chi connectivity index (χ1) is 11.1. The van der Waals surface area contributed by atoms with Crippen molar-refractivity contribution in [3.8, 4) is 0 Å². The van der Waals surface area contributed by atoms with Crippen LogP contribution in [-0.4, -0.2) is 18.8 Å². The molecule has 1 aliphatic rings. The molecule has 5 heteroatoms. The first-order valence-corrected chi connectivity index (χ1v) is 9.04. The highest BCUT2D eigenvalue weighted by Gasteiger charge is 2.39. The molecule has 4 nitrogen and oxygen atoms in total. The zero-order chi connectivity index (χ0) is 16.7. The van der Waals surface area contributed by atoms with E-state index in [1.54, 1.807) is 0 Å². The monoisotopic (exact) mass is 380 g/mol. The second-order valence-corrected chi connectivity index (χ2v) is 7.09. The number of esters is 1. The summed E-state index contributed by atoms with van der Waals surface area (Å²) < 4.78 is 5.95. The van der Waals surface area contributed by atoms with Gasteiger partial charge in [0.1, 0.15) is 0 Å². The van der Waals surface area contributed by atoms with E-state index in [1.807, 2.05) is 24.3 Å². The second kappa shape index (κ2) is 8.48. The van der Waals surface area contributed by atoms with Gasteiger partial charge in [-0.25, -0.2) is 0 Å². The van der Waals surface area contributed by atoms with Crippen LogP contribution in [0.25, 0.3) is 0 Å². The Morgan fingerprint density at radius 3 is 2.96 bits per heavy atom. The Balaban J connectivity index is 2.23. The van der Waals surface area contributed by atoms with Gasteiger partial charge in [-0.2, -0.15) is 5.10 Å². The molecule has 23 heavy (non-hydrogen) atoms. The highest BCUT2D eigenvalue weighted by Crippen LogP contribution is 2.41. The van der Waals surface area contributed by atoms with Crippen molar-refractivity contribution in [2.45, 2.75) is 51.9 Å². The number of carbonyl (C=O) groups excluding carboxylic acids is 1. The fourth-order valence-electron chi connectivity index (χ4n) is 3.40. The van der Waals surface area contributed by atoms with Crippen LogP contribution in [0.15, 0.2) is 33.8 Å². The van der Waals surface area contributed by atoms with Gasteiger partial charge in [-0.05, 0) is 43.9 Å². The van der Waals surface area contributed by atoms with Crippen molar-refractivity contribution in [2.75, 3.05) is 12.5 Å². The number of anilines is 1. The molecule has 1 aromatic rings. The number of hydrazone groups is 1. The molecule has 126 valence electrons. The maximum Gasteiger partial charge on any atom is 0.306 e. The highest BCUT2D eigenvalue weighted by molar-refractivity contribution is 9.10. The Labute approximate surface area is 146 Å². The predicted molar refractivity (Wildman–Crippen MR) is 97.6 cm³/mol. The number of hydrogen-bond donors (Lipinski definition) is 1. The van der Waals surface area contributed by atoms with Crippen molar-refractivity contribution in [2.24, 2.45) is 10.5 Å². The van der Waals surface area contributed by atoms with E-state index in [4.69, 9.17) is 9.84 Å². The summed E-state index contributed by atoms with van der Waals surface area (Å²) in [6.45, 7) is 2.16. The van der Waals surface area contributed by atoms with Crippen LogP contribution >= 0.6 is 15.9 Å². The van der Waals surface area contributed by atoms with Crippen LogP contribution in [0.1, 0.15) is 51.9 Å². The van der Waals surface area contributed by atoms with E-state index in [-0.39, 0.29) is 11.4 Å². The first-order valence-electron chi connectivity index (χ1n) is 8.25. The molecule has 1 unspecified atom stereocenters. The Morgan fingerprint density at radius 1 is 1.43 bits per heavy atom. The molecule has 1 saturated carbocycles. The van der Waals surface area contributed by atoms with Crippen LogP contribution in [0.4, 0.5) is 5.69 Å². The number of nitrogens with one attached hydrogen (secondary N) is 1. The van der Waals surface area contributed by atoms with E-state index in [0.717, 1.165) is 54.4 Å². The second-order valence-electron chi connectivity index (χ2n) is 6.17. The first kappa shape index (κ1) is 18.0. The number of rotatable bonds is 6. The minimum atomic E-state index is -0.154. The number of nitrogens with zero attached hydrogens (tertiary/aromatic N) is 1. The average Bonchev–Trinajstić information content (AvgIpc) is 2.54. The van der Waals surface area contributed by atoms with Crippen molar-refractivity contribution in [3.05, 3.63) is 28.7 Å². The molecule has 0 radical (unpaired) electrons. The van der Waals surface area contributed by atoms with E-state index in [2.05, 4.69) is 28.3 Å². The third kappa shape index (κ3) is 4.80. The summed E-state index contributed by atoms with van der Waals surface area (Å²) in [6, 6.07) is 7.94. The predicted octanol–water partition coefficient (Wildman–Crippen LogP) is 5.14. The highest BCUT2D eigenvalue weighted by atomic mass is 79.9. The van der Waals surface area contributed by atoms with Crippen molar-refractivity contribution in [1.82, 2.24) is 0 Å². The normalized spacial score (nSPS) is 22.8. The summed E-state index contributed by atoms with van der Waals surface area (Å²) >= 11 is 3.47. The van der Waals surface area contributed by atoms with Gasteiger partial charge in [-0.3, -0.25) is 10.2 Å². The van der Waals surface area contributed by atoms with Crippen LogP contribution in [0.3, 0.4) is 0 Å². The zero-order valence-corrected chi connectivity index (χ0v) is 15.5. The van der Waals surface area contributed by atoms with Gasteiger partial charge in [0.15, 0.2) is 0 Å². The van der Waals surface area contributed by atoms with Gasteiger partial charge in [0.25, 0.3) is 0 Å². The molecule has 1 N–H and O–H groups in total. The number of hydrogen-bond acceptors (Lipinski definition) is 4. The van der Waals surface area contributed by atoms with Crippen LogP contribution in [0.5, 0.6) is 0 Å². The third-order valence-corrected chi connectivity index (χ3v) is 5.01. The largest absolute Gasteiger partial charge is 0.469 e. The average molecular weight is 381 g/mol. The Hall–Kier alpha value is -1.36. The number of halogens is 1. The molecule has 0 heterocycles. The summed E-state index contributed by atoms with van der Waals surface area (Å²) in [5.74, 6) is -0.143. The van der Waals surface area contributed by atoms with Crippen molar-refractivity contribution in [3.63, 3.8) is 0 Å². The Bertz CT molecular complexity index is 570. The van der Waals surface area contributed by atoms with Crippen LogP contribution in [0.2, 0.25) is 0 Å². The number of carbonyl (C=O) groups is 1. The maximum absolute atomic E-state index is 11.9. The minimum Gasteiger partial charge on any atom is -0.469 e. The van der Waals surface area contributed by atoms with Crippen LogP contribution < -0.4 is 5.43 Å². The van der Waals surface area contributed by atoms with Gasteiger partial charge in [-0.15, -0.1) is 0 Å². The van der Waals surface area contributed by atoms with E-state index < -0.39 is 0 Å². The molecule has 0 spiro atoms. The lowest BCUT2D eigenvalue weighted by Gasteiger charge is -2.37. The quantitative estimate of drug-likeness (QED) is 0.548. The molecule has 0 aromatic heterocycles. The van der Waals surface area contributed by atoms with Crippen molar-refractivity contribution in [1.29, 1.82) is 0 Å². The van der Waals surface area contributed by atoms with Gasteiger partial charge in [-0.1, -0.05) is 41.8 Å². The van der Waals surface area contributed by atoms with Gasteiger partial charge < -0.3 is 4.74 Å². The van der Waals surface area contributed by atoms with E-state index in [0.29, 0.717) is 6.42 Å². The maximum atomic E-state index is 11.9. The Kier molecular flexibility index (Phi) is 6.63. The molecule has 0 aliphatic heterocycles. The SMILES string of the molecule is CCCC1(CC(=O)OC)CCCCC1=NNc1cccc(Br)c1. The summed E-state index contributed by atoms with van der Waals surface area (Å²) in [5.41, 5.74) is 5.06. The van der Waals surface area contributed by atoms with E-state index in [9.17, 15) is 4.79 Å². The van der Waals surface area contributed by atoms with Gasteiger partial charge in [0.05, 0.1) is 19.2 Å². The topological polar surface area (TPSA) is 50.7 Å². The third-order valence-electron chi connectivity index (χ3n) is 4.51. The summed E-state index contributed by atoms with van der Waals surface area (Å²) in [4.78, 5) is 11.9. The lowest BCUT2D eigenvalue weighted by atomic mass is 9.67. The lowest BCUT2D eigenvalue weighted by Crippen LogP contribution is -2.37. The lowest BCUT2D eigenvalue weighted by molar-refractivity contribution is -0.142. The fraction of sp³-hybridized carbons (Fsp3) is 0.556. The molecule has 1 aromatic carbocycles. The summed E-state index contributed by atoms with van der Waals surface area (Å²) in [6.07, 6.45) is 6.66. The van der Waals surface area contributed by atoms with E-state index >= 15 is 0 Å². The summed E-state index contributed by atoms with van der Waals surface area (Å²) in [7, 11) is 1.46. The molecule has 0 saturated heterocycles. The molecule has 1 fully saturated rings. The summed E-state index contributed by atoms with van der Waals surface area (Å²) in [5, 5.41) is 4.69.